The second-order valence-corrected chi connectivity index (χ2v) is 6.30. The summed E-state index contributed by atoms with van der Waals surface area (Å²) in [6.45, 7) is 7.20. The smallest absolute Gasteiger partial charge is 0.230 e. The molecule has 2 unspecified atom stereocenters. The van der Waals surface area contributed by atoms with Crippen molar-refractivity contribution in [1.82, 2.24) is 30.1 Å². The highest BCUT2D eigenvalue weighted by atomic mass is 16.5. The van der Waals surface area contributed by atoms with Crippen LogP contribution in [0.15, 0.2) is 10.6 Å². The van der Waals surface area contributed by atoms with Gasteiger partial charge in [-0.1, -0.05) is 19.1 Å². The Labute approximate surface area is 128 Å². The van der Waals surface area contributed by atoms with Gasteiger partial charge in [0.1, 0.15) is 0 Å². The summed E-state index contributed by atoms with van der Waals surface area (Å²) in [5, 5.41) is 16.5. The first-order chi connectivity index (χ1) is 10.7. The van der Waals surface area contributed by atoms with Crippen LogP contribution in [0.5, 0.6) is 0 Å². The summed E-state index contributed by atoms with van der Waals surface area (Å²) in [6, 6.07) is 0.215. The van der Waals surface area contributed by atoms with Crippen LogP contribution in [0.1, 0.15) is 49.7 Å². The Morgan fingerprint density at radius 2 is 2.27 bits per heavy atom. The maximum Gasteiger partial charge on any atom is 0.230 e. The maximum atomic E-state index is 5.92. The quantitative estimate of drug-likeness (QED) is 0.840. The molecule has 2 atom stereocenters. The van der Waals surface area contributed by atoms with Crippen LogP contribution in [0, 0.1) is 0 Å². The van der Waals surface area contributed by atoms with Gasteiger partial charge >= 0.3 is 0 Å². The molecule has 118 valence electrons. The van der Waals surface area contributed by atoms with Crippen LogP contribution in [-0.2, 0) is 17.9 Å². The minimum absolute atomic E-state index is 0.215. The molecule has 2 aromatic heterocycles. The minimum atomic E-state index is 0.215. The van der Waals surface area contributed by atoms with Crippen molar-refractivity contribution in [2.24, 2.45) is 0 Å². The third kappa shape index (κ3) is 2.42. The molecule has 22 heavy (non-hydrogen) atoms. The number of hydrogen-bond donors (Lipinski definition) is 0. The number of ether oxygens (including phenoxy) is 1. The van der Waals surface area contributed by atoms with Gasteiger partial charge in [-0.3, -0.25) is 4.90 Å². The van der Waals surface area contributed by atoms with Crippen LogP contribution in [0.3, 0.4) is 0 Å². The van der Waals surface area contributed by atoms with Gasteiger partial charge in [-0.2, -0.15) is 0 Å². The van der Waals surface area contributed by atoms with Crippen molar-refractivity contribution < 1.29 is 9.15 Å². The lowest BCUT2D eigenvalue weighted by Gasteiger charge is -2.40. The van der Waals surface area contributed by atoms with E-state index in [1.807, 2.05) is 18.5 Å². The van der Waals surface area contributed by atoms with Gasteiger partial charge in [0.05, 0.1) is 37.2 Å². The number of rotatable bonds is 3. The molecule has 1 fully saturated rings. The SMILES string of the molecule is CC(C)c1nnc(CN2CCC3OCc4cnnn4C3C2)o1. The van der Waals surface area contributed by atoms with E-state index in [-0.39, 0.29) is 18.1 Å². The van der Waals surface area contributed by atoms with Crippen molar-refractivity contribution in [3.63, 3.8) is 0 Å². The molecule has 0 aromatic carbocycles. The topological polar surface area (TPSA) is 82.1 Å². The van der Waals surface area contributed by atoms with Gasteiger partial charge in [0.2, 0.25) is 11.8 Å². The number of aromatic nitrogens is 5. The Morgan fingerprint density at radius 3 is 3.09 bits per heavy atom. The highest BCUT2D eigenvalue weighted by Crippen LogP contribution is 2.30. The molecule has 8 nitrogen and oxygen atoms in total. The van der Waals surface area contributed by atoms with E-state index in [0.717, 1.165) is 25.2 Å². The minimum Gasteiger partial charge on any atom is -0.424 e. The van der Waals surface area contributed by atoms with Crippen molar-refractivity contribution in [3.05, 3.63) is 23.7 Å². The van der Waals surface area contributed by atoms with Crippen molar-refractivity contribution in [2.75, 3.05) is 13.1 Å². The monoisotopic (exact) mass is 304 g/mol. The lowest BCUT2D eigenvalue weighted by molar-refractivity contribution is -0.0679. The molecule has 4 heterocycles. The second kappa shape index (κ2) is 5.44. The summed E-state index contributed by atoms with van der Waals surface area (Å²) in [6.07, 6.45) is 2.98. The Kier molecular flexibility index (Phi) is 3.42. The number of nitrogens with zero attached hydrogens (tertiary/aromatic N) is 6. The molecular weight excluding hydrogens is 284 g/mol. The molecule has 0 bridgehead atoms. The average Bonchev–Trinajstić information content (AvgIpc) is 3.15. The molecule has 1 saturated heterocycles. The Morgan fingerprint density at radius 1 is 1.36 bits per heavy atom. The van der Waals surface area contributed by atoms with Gasteiger partial charge < -0.3 is 9.15 Å². The molecule has 2 aromatic rings. The van der Waals surface area contributed by atoms with E-state index in [2.05, 4.69) is 25.4 Å². The largest absolute Gasteiger partial charge is 0.424 e. The highest BCUT2D eigenvalue weighted by Gasteiger charge is 2.36. The zero-order valence-corrected chi connectivity index (χ0v) is 12.8. The summed E-state index contributed by atoms with van der Waals surface area (Å²) in [4.78, 5) is 2.32. The Hall–Kier alpha value is -1.80. The molecule has 0 spiro atoms. The number of hydrogen-bond acceptors (Lipinski definition) is 7. The fraction of sp³-hybridized carbons (Fsp3) is 0.714. The van der Waals surface area contributed by atoms with Crippen LogP contribution < -0.4 is 0 Å². The summed E-state index contributed by atoms with van der Waals surface area (Å²) >= 11 is 0. The molecule has 0 N–H and O–H groups in total. The zero-order chi connectivity index (χ0) is 15.1. The molecule has 8 heteroatoms. The van der Waals surface area contributed by atoms with E-state index in [9.17, 15) is 0 Å². The molecular formula is C14H20N6O2. The lowest BCUT2D eigenvalue weighted by atomic mass is 10.0. The van der Waals surface area contributed by atoms with E-state index in [1.165, 1.54) is 0 Å². The first-order valence-electron chi connectivity index (χ1n) is 7.76. The molecule has 0 amide bonds. The van der Waals surface area contributed by atoms with Gasteiger partial charge in [0.25, 0.3) is 0 Å². The third-order valence-corrected chi connectivity index (χ3v) is 4.35. The van der Waals surface area contributed by atoms with E-state index in [4.69, 9.17) is 9.15 Å². The van der Waals surface area contributed by atoms with E-state index < -0.39 is 0 Å². The van der Waals surface area contributed by atoms with Crippen molar-refractivity contribution in [1.29, 1.82) is 0 Å². The summed E-state index contributed by atoms with van der Waals surface area (Å²) in [7, 11) is 0. The number of fused-ring (bicyclic) bond motifs is 3. The Bertz CT molecular complexity index is 651. The van der Waals surface area contributed by atoms with Crippen LogP contribution in [0.2, 0.25) is 0 Å². The van der Waals surface area contributed by atoms with Gasteiger partial charge in [-0.05, 0) is 6.42 Å². The van der Waals surface area contributed by atoms with E-state index >= 15 is 0 Å². The Balaban J connectivity index is 1.47. The fourth-order valence-electron chi connectivity index (χ4n) is 3.14. The number of likely N-dealkylation sites (tertiary alicyclic amines) is 1. The van der Waals surface area contributed by atoms with E-state index in [0.29, 0.717) is 24.9 Å². The standard InChI is InChI=1S/C14H20N6O2/c1-9(2)14-17-16-13(22-14)7-19-4-3-12-11(6-19)20-10(8-21-12)5-15-18-20/h5,9,11-12H,3-4,6-8H2,1-2H3. The fourth-order valence-corrected chi connectivity index (χ4v) is 3.14. The third-order valence-electron chi connectivity index (χ3n) is 4.35. The van der Waals surface area contributed by atoms with Crippen molar-refractivity contribution >= 4 is 0 Å². The summed E-state index contributed by atoms with van der Waals surface area (Å²) in [5.74, 6) is 1.64. The van der Waals surface area contributed by atoms with Crippen LogP contribution in [0.25, 0.3) is 0 Å². The van der Waals surface area contributed by atoms with Gasteiger partial charge in [0, 0.05) is 19.0 Å². The van der Waals surface area contributed by atoms with E-state index in [1.54, 1.807) is 6.20 Å². The summed E-state index contributed by atoms with van der Waals surface area (Å²) < 4.78 is 13.6. The first-order valence-corrected chi connectivity index (χ1v) is 7.76. The van der Waals surface area contributed by atoms with Crippen LogP contribution in [0.4, 0.5) is 0 Å². The summed E-state index contributed by atoms with van der Waals surface area (Å²) in [5.41, 5.74) is 1.04. The van der Waals surface area contributed by atoms with Gasteiger partial charge in [-0.25, -0.2) is 4.68 Å². The van der Waals surface area contributed by atoms with Crippen molar-refractivity contribution in [2.45, 2.75) is 51.5 Å². The zero-order valence-electron chi connectivity index (χ0n) is 12.8. The highest BCUT2D eigenvalue weighted by molar-refractivity contribution is 5.01. The van der Waals surface area contributed by atoms with Crippen molar-refractivity contribution in [3.8, 4) is 0 Å². The molecule has 0 radical (unpaired) electrons. The van der Waals surface area contributed by atoms with Crippen LogP contribution >= 0.6 is 0 Å². The molecule has 4 rings (SSSR count). The first kappa shape index (κ1) is 13.8. The lowest BCUT2D eigenvalue weighted by Crippen LogP contribution is -2.47. The van der Waals surface area contributed by atoms with Crippen LogP contribution in [-0.4, -0.2) is 49.3 Å². The molecule has 2 aliphatic heterocycles. The van der Waals surface area contributed by atoms with Gasteiger partial charge in [-0.15, -0.1) is 15.3 Å². The predicted molar refractivity (Wildman–Crippen MR) is 75.9 cm³/mol. The molecule has 0 saturated carbocycles. The molecule has 0 aliphatic carbocycles. The molecule has 2 aliphatic rings. The average molecular weight is 304 g/mol. The predicted octanol–water partition coefficient (Wildman–Crippen LogP) is 1.13. The second-order valence-electron chi connectivity index (χ2n) is 6.30. The maximum absolute atomic E-state index is 5.92. The number of piperidine rings is 1. The van der Waals surface area contributed by atoms with Gasteiger partial charge in [0.15, 0.2) is 0 Å². The normalized spacial score (nSPS) is 25.2.